The van der Waals surface area contributed by atoms with Crippen LogP contribution in [0, 0.1) is 5.41 Å². The smallest absolute Gasteiger partial charge is 0.309 e. The molecule has 0 fully saturated rings. The van der Waals surface area contributed by atoms with Crippen molar-refractivity contribution >= 4 is 33.7 Å². The number of halogens is 1. The number of carboxylic acids is 1. The molecule has 100 valence electrons. The Morgan fingerprint density at radius 1 is 1.50 bits per heavy atom. The minimum atomic E-state index is -0.792. The fraction of sp³-hybridized carbons (Fsp3) is 0.462. The van der Waals surface area contributed by atoms with Crippen molar-refractivity contribution in [2.75, 3.05) is 13.4 Å². The first-order valence-corrected chi connectivity index (χ1v) is 7.47. The minimum Gasteiger partial charge on any atom is -0.494 e. The van der Waals surface area contributed by atoms with Crippen LogP contribution in [0.15, 0.2) is 21.5 Å². The van der Waals surface area contributed by atoms with Gasteiger partial charge in [0.05, 0.1) is 21.9 Å². The number of carbonyl (C=O) groups is 1. The summed E-state index contributed by atoms with van der Waals surface area (Å²) in [7, 11) is 1.63. The van der Waals surface area contributed by atoms with Crippen molar-refractivity contribution in [2.45, 2.75) is 25.2 Å². The first kappa shape index (κ1) is 15.4. The van der Waals surface area contributed by atoms with Gasteiger partial charge < -0.3 is 9.84 Å². The van der Waals surface area contributed by atoms with E-state index in [9.17, 15) is 4.79 Å². The van der Waals surface area contributed by atoms with Gasteiger partial charge in [0.1, 0.15) is 5.75 Å². The molecule has 3 nitrogen and oxygen atoms in total. The number of carboxylic acid groups (broad SMARTS) is 1. The zero-order chi connectivity index (χ0) is 13.9. The number of thioether (sulfide) groups is 1. The van der Waals surface area contributed by atoms with Crippen molar-refractivity contribution in [3.63, 3.8) is 0 Å². The van der Waals surface area contributed by atoms with E-state index in [-0.39, 0.29) is 0 Å². The number of rotatable bonds is 5. The van der Waals surface area contributed by atoms with Gasteiger partial charge in [0.25, 0.3) is 0 Å². The lowest BCUT2D eigenvalue weighted by Crippen LogP contribution is -2.26. The fourth-order valence-corrected chi connectivity index (χ4v) is 3.11. The van der Waals surface area contributed by atoms with Gasteiger partial charge in [0.15, 0.2) is 0 Å². The Kier molecular flexibility index (Phi) is 5.10. The van der Waals surface area contributed by atoms with Crippen LogP contribution in [0.4, 0.5) is 0 Å². The van der Waals surface area contributed by atoms with Crippen molar-refractivity contribution < 1.29 is 14.6 Å². The van der Waals surface area contributed by atoms with Gasteiger partial charge in [0, 0.05) is 0 Å². The van der Waals surface area contributed by atoms with Crippen molar-refractivity contribution in [2.24, 2.45) is 5.41 Å². The highest BCUT2D eigenvalue weighted by Crippen LogP contribution is 2.37. The van der Waals surface area contributed by atoms with Crippen LogP contribution in [0.25, 0.3) is 0 Å². The first-order valence-electron chi connectivity index (χ1n) is 5.45. The molecular formula is C13H17BrO3S. The van der Waals surface area contributed by atoms with Crippen LogP contribution in [0.5, 0.6) is 5.75 Å². The van der Waals surface area contributed by atoms with Gasteiger partial charge in [-0.15, -0.1) is 11.8 Å². The molecule has 0 spiro atoms. The molecule has 0 aromatic heterocycles. The molecule has 0 unspecified atom stereocenters. The second-order valence-electron chi connectivity index (χ2n) is 4.68. The van der Waals surface area contributed by atoms with Crippen LogP contribution in [-0.4, -0.2) is 24.4 Å². The number of methoxy groups -OCH3 is 1. The summed E-state index contributed by atoms with van der Waals surface area (Å²) in [6.07, 6.45) is 2.45. The summed E-state index contributed by atoms with van der Waals surface area (Å²) >= 11 is 5.04. The molecule has 0 amide bonds. The zero-order valence-electron chi connectivity index (χ0n) is 10.9. The second-order valence-corrected chi connectivity index (χ2v) is 6.38. The van der Waals surface area contributed by atoms with Crippen molar-refractivity contribution in [3.05, 3.63) is 22.2 Å². The van der Waals surface area contributed by atoms with Gasteiger partial charge >= 0.3 is 5.97 Å². The van der Waals surface area contributed by atoms with Crippen LogP contribution in [0.1, 0.15) is 19.4 Å². The largest absolute Gasteiger partial charge is 0.494 e. The van der Waals surface area contributed by atoms with Gasteiger partial charge in [-0.2, -0.15) is 0 Å². The predicted molar refractivity (Wildman–Crippen MR) is 77.6 cm³/mol. The molecule has 0 aliphatic carbocycles. The molecular weight excluding hydrogens is 316 g/mol. The van der Waals surface area contributed by atoms with E-state index >= 15 is 0 Å². The Morgan fingerprint density at radius 2 is 2.11 bits per heavy atom. The molecule has 0 bridgehead atoms. The monoisotopic (exact) mass is 332 g/mol. The van der Waals surface area contributed by atoms with Crippen LogP contribution in [0.2, 0.25) is 0 Å². The summed E-state index contributed by atoms with van der Waals surface area (Å²) in [6.45, 7) is 3.46. The van der Waals surface area contributed by atoms with Gasteiger partial charge in [-0.1, -0.05) is 0 Å². The molecule has 1 aromatic rings. The highest BCUT2D eigenvalue weighted by atomic mass is 79.9. The third-order valence-corrected chi connectivity index (χ3v) is 4.05. The Labute approximate surface area is 120 Å². The van der Waals surface area contributed by atoms with E-state index < -0.39 is 11.4 Å². The normalized spacial score (nSPS) is 11.4. The molecule has 1 rings (SSSR count). The quantitative estimate of drug-likeness (QED) is 0.832. The lowest BCUT2D eigenvalue weighted by Gasteiger charge is -2.20. The SMILES string of the molecule is COc1c(Br)cc(CC(C)(C)C(=O)O)cc1SC. The Morgan fingerprint density at radius 3 is 2.56 bits per heavy atom. The summed E-state index contributed by atoms with van der Waals surface area (Å²) in [4.78, 5) is 12.1. The molecule has 0 radical (unpaired) electrons. The summed E-state index contributed by atoms with van der Waals surface area (Å²) in [5, 5.41) is 9.16. The van der Waals surface area contributed by atoms with Gasteiger partial charge in [-0.05, 0) is 60.2 Å². The maximum absolute atomic E-state index is 11.1. The molecule has 1 aromatic carbocycles. The lowest BCUT2D eigenvalue weighted by atomic mass is 9.86. The van der Waals surface area contributed by atoms with E-state index in [1.807, 2.05) is 18.4 Å². The third kappa shape index (κ3) is 3.42. The lowest BCUT2D eigenvalue weighted by molar-refractivity contribution is -0.146. The topological polar surface area (TPSA) is 46.5 Å². The highest BCUT2D eigenvalue weighted by Gasteiger charge is 2.28. The molecule has 18 heavy (non-hydrogen) atoms. The molecule has 0 aliphatic heterocycles. The van der Waals surface area contributed by atoms with E-state index in [1.165, 1.54) is 0 Å². The van der Waals surface area contributed by atoms with Crippen LogP contribution >= 0.6 is 27.7 Å². The van der Waals surface area contributed by atoms with Crippen molar-refractivity contribution in [1.29, 1.82) is 0 Å². The molecule has 0 atom stereocenters. The molecule has 0 heterocycles. The van der Waals surface area contributed by atoms with Crippen molar-refractivity contribution in [1.82, 2.24) is 0 Å². The Bertz CT molecular complexity index is 458. The molecule has 0 saturated heterocycles. The van der Waals surface area contributed by atoms with E-state index in [4.69, 9.17) is 9.84 Å². The average Bonchev–Trinajstić information content (AvgIpc) is 2.27. The number of benzene rings is 1. The van der Waals surface area contributed by atoms with E-state index in [0.717, 1.165) is 20.7 Å². The zero-order valence-corrected chi connectivity index (χ0v) is 13.3. The van der Waals surface area contributed by atoms with E-state index in [1.54, 1.807) is 32.7 Å². The second kappa shape index (κ2) is 5.97. The average molecular weight is 333 g/mol. The van der Waals surface area contributed by atoms with Gasteiger partial charge in [-0.3, -0.25) is 4.79 Å². The number of hydrogen-bond acceptors (Lipinski definition) is 3. The number of aliphatic carboxylic acids is 1. The maximum Gasteiger partial charge on any atom is 0.309 e. The van der Waals surface area contributed by atoms with Crippen LogP contribution in [0.3, 0.4) is 0 Å². The maximum atomic E-state index is 11.1. The van der Waals surface area contributed by atoms with Gasteiger partial charge in [-0.25, -0.2) is 0 Å². The van der Waals surface area contributed by atoms with Crippen LogP contribution in [-0.2, 0) is 11.2 Å². The highest BCUT2D eigenvalue weighted by molar-refractivity contribution is 9.10. The van der Waals surface area contributed by atoms with Gasteiger partial charge in [0.2, 0.25) is 0 Å². The van der Waals surface area contributed by atoms with Crippen molar-refractivity contribution in [3.8, 4) is 5.75 Å². The fourth-order valence-electron chi connectivity index (χ4n) is 1.66. The minimum absolute atomic E-state index is 0.485. The van der Waals surface area contributed by atoms with Crippen LogP contribution < -0.4 is 4.74 Å². The summed E-state index contributed by atoms with van der Waals surface area (Å²) in [6, 6.07) is 3.90. The third-order valence-electron chi connectivity index (χ3n) is 2.72. The molecule has 5 heteroatoms. The summed E-state index contributed by atoms with van der Waals surface area (Å²) < 4.78 is 6.17. The molecule has 0 aliphatic rings. The standard InChI is InChI=1S/C13H17BrO3S/c1-13(2,12(15)16)7-8-5-9(14)11(17-3)10(6-8)18-4/h5-6H,7H2,1-4H3,(H,15,16). The molecule has 0 saturated carbocycles. The summed E-state index contributed by atoms with van der Waals surface area (Å²) in [5.74, 6) is -0.000442. The van der Waals surface area contributed by atoms with E-state index in [2.05, 4.69) is 15.9 Å². The summed E-state index contributed by atoms with van der Waals surface area (Å²) in [5.41, 5.74) is 0.211. The predicted octanol–water partition coefficient (Wildman–Crippen LogP) is 3.83. The number of ether oxygens (including phenoxy) is 1. The number of hydrogen-bond donors (Lipinski definition) is 1. The molecule has 1 N–H and O–H groups in total. The Hall–Kier alpha value is -0.680. The van der Waals surface area contributed by atoms with E-state index in [0.29, 0.717) is 6.42 Å². The first-order chi connectivity index (χ1) is 8.31. The Balaban J connectivity index is 3.13.